The van der Waals surface area contributed by atoms with Gasteiger partial charge in [-0.3, -0.25) is 0 Å². The SMILES string of the molecule is C=[C](CN(CCCC)[Si](C)(C)C)[Sn]([CH2]CCC)([CH2]CCC)[CH2]CCC. The molecule has 0 rings (SSSR count). The van der Waals surface area contributed by atoms with Crippen LogP contribution in [-0.4, -0.2) is 44.3 Å². The third-order valence-corrected chi connectivity index (χ3v) is 24.1. The second-order valence-corrected chi connectivity index (χ2v) is 27.7. The summed E-state index contributed by atoms with van der Waals surface area (Å²) >= 11 is -2.25. The van der Waals surface area contributed by atoms with Crippen LogP contribution in [-0.2, 0) is 0 Å². The predicted octanol–water partition coefficient (Wildman–Crippen LogP) is 7.87. The summed E-state index contributed by atoms with van der Waals surface area (Å²) in [7, 11) is -1.25. The molecule has 150 valence electrons. The van der Waals surface area contributed by atoms with E-state index >= 15 is 0 Å². The molecule has 0 aromatic heterocycles. The molecule has 0 radical (unpaired) electrons. The van der Waals surface area contributed by atoms with E-state index in [4.69, 9.17) is 6.58 Å². The van der Waals surface area contributed by atoms with E-state index in [1.165, 1.54) is 64.5 Å². The monoisotopic (exact) mass is 475 g/mol. The molecule has 0 spiro atoms. The average Bonchev–Trinajstić information content (AvgIpc) is 2.57. The number of unbranched alkanes of at least 4 members (excludes halogenated alkanes) is 4. The number of hydrogen-bond donors (Lipinski definition) is 0. The Hall–Kier alpha value is 0.716. The van der Waals surface area contributed by atoms with Crippen LogP contribution in [0, 0.1) is 0 Å². The molecule has 0 bridgehead atoms. The van der Waals surface area contributed by atoms with Crippen LogP contribution in [0.3, 0.4) is 0 Å². The Morgan fingerprint density at radius 2 is 1.16 bits per heavy atom. The summed E-state index contributed by atoms with van der Waals surface area (Å²) in [4.78, 5) is 0. The van der Waals surface area contributed by atoms with Gasteiger partial charge in [0, 0.05) is 0 Å². The van der Waals surface area contributed by atoms with E-state index in [1.807, 2.05) is 0 Å². The van der Waals surface area contributed by atoms with Gasteiger partial charge in [0.25, 0.3) is 0 Å². The number of nitrogens with zero attached hydrogens (tertiary/aromatic N) is 1. The molecular weight excluding hydrogens is 425 g/mol. The molecule has 3 heteroatoms. The Labute approximate surface area is 166 Å². The molecule has 0 atom stereocenters. The number of rotatable bonds is 16. The van der Waals surface area contributed by atoms with E-state index in [1.54, 1.807) is 16.9 Å². The molecule has 0 aromatic carbocycles. The molecule has 0 amide bonds. The summed E-state index contributed by atoms with van der Waals surface area (Å²) in [5.74, 6) is 0. The molecular formula is C22H49NSiSn. The van der Waals surface area contributed by atoms with Gasteiger partial charge in [0.15, 0.2) is 0 Å². The molecule has 0 aliphatic heterocycles. The van der Waals surface area contributed by atoms with Gasteiger partial charge in [0.2, 0.25) is 0 Å². The zero-order valence-electron chi connectivity index (χ0n) is 18.8. The first-order valence-corrected chi connectivity index (χ1v) is 22.1. The molecule has 0 N–H and O–H groups in total. The van der Waals surface area contributed by atoms with E-state index < -0.39 is 26.6 Å². The third kappa shape index (κ3) is 10.00. The van der Waals surface area contributed by atoms with Gasteiger partial charge in [-0.25, -0.2) is 0 Å². The van der Waals surface area contributed by atoms with Crippen molar-refractivity contribution in [2.45, 2.75) is 112 Å². The van der Waals surface area contributed by atoms with Crippen LogP contribution >= 0.6 is 0 Å². The van der Waals surface area contributed by atoms with Crippen molar-refractivity contribution < 1.29 is 0 Å². The summed E-state index contributed by atoms with van der Waals surface area (Å²) in [6.07, 6.45) is 11.1. The Morgan fingerprint density at radius 3 is 1.48 bits per heavy atom. The van der Waals surface area contributed by atoms with Gasteiger partial charge >= 0.3 is 166 Å². The van der Waals surface area contributed by atoms with Gasteiger partial charge in [0.1, 0.15) is 0 Å². The summed E-state index contributed by atoms with van der Waals surface area (Å²) in [6.45, 7) is 24.4. The van der Waals surface area contributed by atoms with Crippen molar-refractivity contribution >= 4 is 26.6 Å². The fourth-order valence-corrected chi connectivity index (χ4v) is 21.3. The molecule has 0 saturated carbocycles. The Balaban J connectivity index is 5.35. The van der Waals surface area contributed by atoms with Crippen LogP contribution in [0.2, 0.25) is 33.0 Å². The minimum atomic E-state index is -2.25. The molecule has 0 aromatic rings. The quantitative estimate of drug-likeness (QED) is 0.206. The maximum atomic E-state index is 4.82. The van der Waals surface area contributed by atoms with Crippen molar-refractivity contribution in [2.75, 3.05) is 13.1 Å². The van der Waals surface area contributed by atoms with Gasteiger partial charge in [0.05, 0.1) is 0 Å². The van der Waals surface area contributed by atoms with E-state index in [2.05, 4.69) is 51.9 Å². The summed E-state index contributed by atoms with van der Waals surface area (Å²) < 4.78 is 9.34. The fraction of sp³-hybridized carbons (Fsp3) is 0.909. The fourth-order valence-electron chi connectivity index (χ4n) is 3.85. The first-order chi connectivity index (χ1) is 11.8. The van der Waals surface area contributed by atoms with Crippen LogP contribution < -0.4 is 0 Å². The van der Waals surface area contributed by atoms with Gasteiger partial charge in [-0.1, -0.05) is 0 Å². The number of hydrogen-bond acceptors (Lipinski definition) is 1. The van der Waals surface area contributed by atoms with Crippen LogP contribution in [0.25, 0.3) is 0 Å². The first kappa shape index (κ1) is 25.7. The summed E-state index contributed by atoms with van der Waals surface area (Å²) in [5, 5.41) is 0. The maximum absolute atomic E-state index is 4.82. The molecule has 0 aliphatic rings. The van der Waals surface area contributed by atoms with E-state index in [0.29, 0.717) is 0 Å². The van der Waals surface area contributed by atoms with Crippen LogP contribution in [0.1, 0.15) is 79.1 Å². The standard InChI is InChI=1S/C10H22NSi.3C4H9.Sn/c1-6-8-10-11(9-7-2)12(3,4)5;3*1-3-4-2;/h2,6,8-10H2,1,3-5H3;3*1,3-4H2,2H3;. The first-order valence-electron chi connectivity index (χ1n) is 11.2. The van der Waals surface area contributed by atoms with Crippen LogP contribution in [0.5, 0.6) is 0 Å². The zero-order chi connectivity index (χ0) is 19.3. The molecule has 0 heterocycles. The summed E-state index contributed by atoms with van der Waals surface area (Å²) in [6, 6.07) is 0. The van der Waals surface area contributed by atoms with Gasteiger partial charge in [-0.05, 0) is 0 Å². The molecule has 1 nitrogen and oxygen atoms in total. The van der Waals surface area contributed by atoms with E-state index in [0.717, 1.165) is 0 Å². The van der Waals surface area contributed by atoms with E-state index in [9.17, 15) is 0 Å². The molecule has 0 unspecified atom stereocenters. The van der Waals surface area contributed by atoms with Gasteiger partial charge in [-0.2, -0.15) is 0 Å². The predicted molar refractivity (Wildman–Crippen MR) is 124 cm³/mol. The molecule has 25 heavy (non-hydrogen) atoms. The third-order valence-electron chi connectivity index (χ3n) is 5.89. The van der Waals surface area contributed by atoms with Crippen LogP contribution in [0.15, 0.2) is 10.2 Å². The zero-order valence-corrected chi connectivity index (χ0v) is 22.7. The van der Waals surface area contributed by atoms with Crippen molar-refractivity contribution in [3.05, 3.63) is 10.2 Å². The van der Waals surface area contributed by atoms with Crippen molar-refractivity contribution in [2.24, 2.45) is 0 Å². The normalized spacial score (nSPS) is 12.8. The molecule has 0 fully saturated rings. The van der Waals surface area contributed by atoms with Crippen molar-refractivity contribution in [3.8, 4) is 0 Å². The second-order valence-electron chi connectivity index (χ2n) is 9.14. The molecule has 0 aliphatic carbocycles. The van der Waals surface area contributed by atoms with Crippen molar-refractivity contribution in [3.63, 3.8) is 0 Å². The molecule has 0 saturated heterocycles. The Morgan fingerprint density at radius 1 is 0.760 bits per heavy atom. The average molecular weight is 474 g/mol. The van der Waals surface area contributed by atoms with Crippen LogP contribution in [0.4, 0.5) is 0 Å². The second kappa shape index (κ2) is 13.8. The minimum absolute atomic E-state index is 1.24. The Bertz CT molecular complexity index is 327. The van der Waals surface area contributed by atoms with Crippen molar-refractivity contribution in [1.82, 2.24) is 4.57 Å². The Kier molecular flexibility index (Phi) is 14.2. The van der Waals surface area contributed by atoms with Crippen molar-refractivity contribution in [1.29, 1.82) is 0 Å². The van der Waals surface area contributed by atoms with E-state index in [-0.39, 0.29) is 0 Å². The van der Waals surface area contributed by atoms with Gasteiger partial charge < -0.3 is 0 Å². The summed E-state index contributed by atoms with van der Waals surface area (Å²) in [5.41, 5.74) is 0. The topological polar surface area (TPSA) is 3.24 Å². The van der Waals surface area contributed by atoms with Gasteiger partial charge in [-0.15, -0.1) is 0 Å².